The predicted octanol–water partition coefficient (Wildman–Crippen LogP) is 3.00. The molecule has 0 aliphatic rings. The normalized spacial score (nSPS) is 11.4. The largest absolute Gasteiger partial charge is 0.493 e. The molecule has 0 aliphatic carbocycles. The quantitative estimate of drug-likeness (QED) is 0.929. The van der Waals surface area contributed by atoms with E-state index in [-0.39, 0.29) is 0 Å². The van der Waals surface area contributed by atoms with Crippen LogP contribution in [0.3, 0.4) is 0 Å². The number of ether oxygens (including phenoxy) is 2. The SMILES string of the molecule is COc1cc(C)c(C(C)(C)O)c(Br)c1OC. The van der Waals surface area contributed by atoms with Gasteiger partial charge in [-0.15, -0.1) is 0 Å². The Kier molecular flexibility index (Phi) is 3.86. The smallest absolute Gasteiger partial charge is 0.175 e. The van der Waals surface area contributed by atoms with E-state index in [1.807, 2.05) is 13.0 Å². The van der Waals surface area contributed by atoms with E-state index in [0.717, 1.165) is 15.6 Å². The summed E-state index contributed by atoms with van der Waals surface area (Å²) in [6.07, 6.45) is 0. The van der Waals surface area contributed by atoms with E-state index < -0.39 is 5.60 Å². The summed E-state index contributed by atoms with van der Waals surface area (Å²) in [5.74, 6) is 1.25. The molecule has 16 heavy (non-hydrogen) atoms. The van der Waals surface area contributed by atoms with Crippen molar-refractivity contribution in [3.05, 3.63) is 21.7 Å². The second-order valence-corrected chi connectivity index (χ2v) is 4.97. The molecular weight excluding hydrogens is 272 g/mol. The molecular formula is C12H17BrO3. The molecule has 0 aromatic heterocycles. The molecule has 0 amide bonds. The third-order valence-electron chi connectivity index (χ3n) is 2.42. The van der Waals surface area contributed by atoms with Gasteiger partial charge in [0.1, 0.15) is 0 Å². The zero-order valence-electron chi connectivity index (χ0n) is 10.2. The van der Waals surface area contributed by atoms with Gasteiger partial charge in [-0.05, 0) is 48.3 Å². The highest BCUT2D eigenvalue weighted by atomic mass is 79.9. The van der Waals surface area contributed by atoms with Crippen LogP contribution in [0.1, 0.15) is 25.0 Å². The van der Waals surface area contributed by atoms with Crippen LogP contribution in [0.5, 0.6) is 11.5 Å². The highest BCUT2D eigenvalue weighted by molar-refractivity contribution is 9.10. The molecule has 4 heteroatoms. The van der Waals surface area contributed by atoms with Crippen LogP contribution in [0, 0.1) is 6.92 Å². The molecule has 1 aromatic carbocycles. The first kappa shape index (κ1) is 13.3. The van der Waals surface area contributed by atoms with Crippen molar-refractivity contribution in [2.45, 2.75) is 26.4 Å². The van der Waals surface area contributed by atoms with Crippen LogP contribution in [0.25, 0.3) is 0 Å². The van der Waals surface area contributed by atoms with Crippen LogP contribution in [0.15, 0.2) is 10.5 Å². The Morgan fingerprint density at radius 2 is 1.81 bits per heavy atom. The minimum atomic E-state index is -0.928. The van der Waals surface area contributed by atoms with Crippen LogP contribution >= 0.6 is 15.9 Å². The molecule has 1 N–H and O–H groups in total. The van der Waals surface area contributed by atoms with Crippen LogP contribution in [0.4, 0.5) is 0 Å². The fraction of sp³-hybridized carbons (Fsp3) is 0.500. The van der Waals surface area contributed by atoms with Gasteiger partial charge in [-0.2, -0.15) is 0 Å². The lowest BCUT2D eigenvalue weighted by molar-refractivity contribution is 0.0767. The number of halogens is 1. The summed E-state index contributed by atoms with van der Waals surface area (Å²) in [6, 6.07) is 1.86. The van der Waals surface area contributed by atoms with Gasteiger partial charge in [-0.1, -0.05) is 0 Å². The van der Waals surface area contributed by atoms with E-state index in [1.165, 1.54) is 0 Å². The standard InChI is InChI=1S/C12H17BrO3/c1-7-6-8(15-4)11(16-5)10(13)9(7)12(2,3)14/h6,14H,1-5H3. The van der Waals surface area contributed by atoms with E-state index in [1.54, 1.807) is 28.1 Å². The number of aryl methyl sites for hydroxylation is 1. The van der Waals surface area contributed by atoms with Crippen molar-refractivity contribution in [1.29, 1.82) is 0 Å². The van der Waals surface area contributed by atoms with Crippen molar-refractivity contribution in [2.75, 3.05) is 14.2 Å². The van der Waals surface area contributed by atoms with Gasteiger partial charge in [0.15, 0.2) is 11.5 Å². The highest BCUT2D eigenvalue weighted by Crippen LogP contribution is 2.43. The van der Waals surface area contributed by atoms with Crippen LogP contribution in [-0.2, 0) is 5.60 Å². The molecule has 0 spiro atoms. The van der Waals surface area contributed by atoms with Gasteiger partial charge >= 0.3 is 0 Å². The molecule has 0 radical (unpaired) electrons. The first-order valence-electron chi connectivity index (χ1n) is 4.96. The maximum atomic E-state index is 10.1. The molecule has 0 saturated carbocycles. The Morgan fingerprint density at radius 1 is 1.25 bits per heavy atom. The van der Waals surface area contributed by atoms with Crippen molar-refractivity contribution in [3.63, 3.8) is 0 Å². The maximum Gasteiger partial charge on any atom is 0.175 e. The molecule has 90 valence electrons. The molecule has 0 heterocycles. The van der Waals surface area contributed by atoms with Gasteiger partial charge < -0.3 is 14.6 Å². The molecule has 0 bridgehead atoms. The summed E-state index contributed by atoms with van der Waals surface area (Å²) in [4.78, 5) is 0. The van der Waals surface area contributed by atoms with E-state index in [9.17, 15) is 5.11 Å². The molecule has 1 rings (SSSR count). The first-order valence-corrected chi connectivity index (χ1v) is 5.76. The number of benzene rings is 1. The van der Waals surface area contributed by atoms with Gasteiger partial charge in [-0.25, -0.2) is 0 Å². The van der Waals surface area contributed by atoms with Gasteiger partial charge in [0.2, 0.25) is 0 Å². The summed E-state index contributed by atoms with van der Waals surface area (Å²) >= 11 is 3.45. The topological polar surface area (TPSA) is 38.7 Å². The lowest BCUT2D eigenvalue weighted by atomic mass is 9.93. The molecule has 3 nitrogen and oxygen atoms in total. The fourth-order valence-corrected chi connectivity index (χ4v) is 2.98. The Hall–Kier alpha value is -0.740. The molecule has 0 atom stereocenters. The number of rotatable bonds is 3. The van der Waals surface area contributed by atoms with Crippen molar-refractivity contribution >= 4 is 15.9 Å². The Balaban J connectivity index is 3.54. The van der Waals surface area contributed by atoms with Gasteiger partial charge in [-0.3, -0.25) is 0 Å². The zero-order chi connectivity index (χ0) is 12.5. The van der Waals surface area contributed by atoms with Crippen molar-refractivity contribution in [3.8, 4) is 11.5 Å². The van der Waals surface area contributed by atoms with Crippen molar-refractivity contribution in [1.82, 2.24) is 0 Å². The van der Waals surface area contributed by atoms with Crippen molar-refractivity contribution in [2.24, 2.45) is 0 Å². The summed E-state index contributed by atoms with van der Waals surface area (Å²) in [6.45, 7) is 5.41. The van der Waals surface area contributed by atoms with Crippen LogP contribution in [0.2, 0.25) is 0 Å². The fourth-order valence-electron chi connectivity index (χ4n) is 1.82. The van der Waals surface area contributed by atoms with Crippen LogP contribution in [-0.4, -0.2) is 19.3 Å². The van der Waals surface area contributed by atoms with Gasteiger partial charge in [0, 0.05) is 5.56 Å². The number of hydrogen-bond donors (Lipinski definition) is 1. The number of aliphatic hydroxyl groups is 1. The molecule has 0 fully saturated rings. The summed E-state index contributed by atoms with van der Waals surface area (Å²) in [5.41, 5.74) is 0.838. The highest BCUT2D eigenvalue weighted by Gasteiger charge is 2.26. The predicted molar refractivity (Wildman–Crippen MR) is 67.2 cm³/mol. The molecule has 0 unspecified atom stereocenters. The monoisotopic (exact) mass is 288 g/mol. The Morgan fingerprint density at radius 3 is 2.19 bits per heavy atom. The van der Waals surface area contributed by atoms with E-state index >= 15 is 0 Å². The summed E-state index contributed by atoms with van der Waals surface area (Å²) in [5, 5.41) is 10.1. The minimum absolute atomic E-state index is 0.602. The Bertz CT molecular complexity index is 394. The molecule has 0 aliphatic heterocycles. The van der Waals surface area contributed by atoms with Gasteiger partial charge in [0.25, 0.3) is 0 Å². The van der Waals surface area contributed by atoms with Crippen molar-refractivity contribution < 1.29 is 14.6 Å². The summed E-state index contributed by atoms with van der Waals surface area (Å²) in [7, 11) is 3.17. The minimum Gasteiger partial charge on any atom is -0.493 e. The lowest BCUT2D eigenvalue weighted by Crippen LogP contribution is -2.18. The van der Waals surface area contributed by atoms with E-state index in [4.69, 9.17) is 9.47 Å². The average molecular weight is 289 g/mol. The zero-order valence-corrected chi connectivity index (χ0v) is 11.8. The Labute approximate surface area is 105 Å². The molecule has 0 saturated heterocycles. The third kappa shape index (κ3) is 2.33. The number of methoxy groups -OCH3 is 2. The average Bonchev–Trinajstić information content (AvgIpc) is 2.14. The third-order valence-corrected chi connectivity index (χ3v) is 3.18. The second kappa shape index (κ2) is 4.63. The van der Waals surface area contributed by atoms with E-state index in [0.29, 0.717) is 11.5 Å². The maximum absolute atomic E-state index is 10.1. The van der Waals surface area contributed by atoms with E-state index in [2.05, 4.69) is 15.9 Å². The summed E-state index contributed by atoms with van der Waals surface area (Å²) < 4.78 is 11.2. The first-order chi connectivity index (χ1) is 7.32. The number of hydrogen-bond acceptors (Lipinski definition) is 3. The second-order valence-electron chi connectivity index (χ2n) is 4.18. The molecule has 1 aromatic rings. The van der Waals surface area contributed by atoms with Gasteiger partial charge in [0.05, 0.1) is 24.3 Å². The lowest BCUT2D eigenvalue weighted by Gasteiger charge is -2.24. The van der Waals surface area contributed by atoms with Crippen LogP contribution < -0.4 is 9.47 Å².